The van der Waals surface area contributed by atoms with Gasteiger partial charge in [-0.15, -0.1) is 11.3 Å². The standard InChI is InChI=1S/C14H18N2O2S2/c1-9-5-4-6-12(11(9)3)16-20(17,18)14-10(2)8-19-13(14)7-15/h4-6,8,16H,7,15H2,1-3H3. The summed E-state index contributed by atoms with van der Waals surface area (Å²) in [6.45, 7) is 5.86. The van der Waals surface area contributed by atoms with Crippen LogP contribution in [0.15, 0.2) is 28.5 Å². The molecule has 0 aliphatic rings. The highest BCUT2D eigenvalue weighted by Gasteiger charge is 2.23. The molecule has 2 rings (SSSR count). The zero-order valence-electron chi connectivity index (χ0n) is 11.7. The molecule has 0 bridgehead atoms. The van der Waals surface area contributed by atoms with E-state index >= 15 is 0 Å². The fourth-order valence-corrected chi connectivity index (χ4v) is 4.87. The van der Waals surface area contributed by atoms with Crippen molar-refractivity contribution in [2.75, 3.05) is 4.72 Å². The van der Waals surface area contributed by atoms with Crippen molar-refractivity contribution in [3.05, 3.63) is 45.1 Å². The van der Waals surface area contributed by atoms with Crippen molar-refractivity contribution < 1.29 is 8.42 Å². The van der Waals surface area contributed by atoms with Gasteiger partial charge in [0.2, 0.25) is 0 Å². The van der Waals surface area contributed by atoms with E-state index in [1.165, 1.54) is 11.3 Å². The SMILES string of the molecule is Cc1cccc(NS(=O)(=O)c2c(C)csc2CN)c1C. The summed E-state index contributed by atoms with van der Waals surface area (Å²) in [6.07, 6.45) is 0. The minimum absolute atomic E-state index is 0.224. The fraction of sp³-hybridized carbons (Fsp3) is 0.286. The number of nitrogens with one attached hydrogen (secondary N) is 1. The third-order valence-electron chi connectivity index (χ3n) is 3.29. The molecule has 0 aliphatic carbocycles. The van der Waals surface area contributed by atoms with E-state index in [4.69, 9.17) is 5.73 Å². The molecule has 3 N–H and O–H groups in total. The maximum absolute atomic E-state index is 12.6. The third kappa shape index (κ3) is 2.72. The topological polar surface area (TPSA) is 72.2 Å². The number of benzene rings is 1. The minimum Gasteiger partial charge on any atom is -0.326 e. The first-order chi connectivity index (χ1) is 9.36. The largest absolute Gasteiger partial charge is 0.326 e. The second-order valence-corrected chi connectivity index (χ2v) is 7.31. The van der Waals surface area contributed by atoms with Gasteiger partial charge in [0.15, 0.2) is 0 Å². The monoisotopic (exact) mass is 310 g/mol. The lowest BCUT2D eigenvalue weighted by atomic mass is 10.1. The van der Waals surface area contributed by atoms with E-state index in [0.717, 1.165) is 16.7 Å². The van der Waals surface area contributed by atoms with Crippen molar-refractivity contribution >= 4 is 27.0 Å². The van der Waals surface area contributed by atoms with Gasteiger partial charge in [0.25, 0.3) is 10.0 Å². The number of hydrogen-bond donors (Lipinski definition) is 2. The first-order valence-corrected chi connectivity index (χ1v) is 8.59. The maximum atomic E-state index is 12.6. The van der Waals surface area contributed by atoms with E-state index in [1.807, 2.05) is 31.4 Å². The van der Waals surface area contributed by atoms with Gasteiger partial charge in [-0.05, 0) is 48.9 Å². The van der Waals surface area contributed by atoms with Gasteiger partial charge in [-0.3, -0.25) is 4.72 Å². The Bertz CT molecular complexity index is 734. The number of rotatable bonds is 4. The summed E-state index contributed by atoms with van der Waals surface area (Å²) in [5.74, 6) is 0. The summed E-state index contributed by atoms with van der Waals surface area (Å²) in [5, 5.41) is 1.82. The lowest BCUT2D eigenvalue weighted by Crippen LogP contribution is -2.16. The molecule has 0 radical (unpaired) electrons. The molecule has 108 valence electrons. The fourth-order valence-electron chi connectivity index (χ4n) is 2.05. The molecule has 4 nitrogen and oxygen atoms in total. The molecule has 0 unspecified atom stereocenters. The van der Waals surface area contributed by atoms with Crippen molar-refractivity contribution in [3.8, 4) is 0 Å². The van der Waals surface area contributed by atoms with Gasteiger partial charge in [-0.2, -0.15) is 0 Å². The molecular weight excluding hydrogens is 292 g/mol. The maximum Gasteiger partial charge on any atom is 0.263 e. The predicted molar refractivity (Wildman–Crippen MR) is 83.7 cm³/mol. The lowest BCUT2D eigenvalue weighted by Gasteiger charge is -2.13. The van der Waals surface area contributed by atoms with E-state index < -0.39 is 10.0 Å². The molecule has 0 atom stereocenters. The molecule has 2 aromatic rings. The molecule has 1 aromatic carbocycles. The van der Waals surface area contributed by atoms with E-state index in [2.05, 4.69) is 4.72 Å². The highest BCUT2D eigenvalue weighted by atomic mass is 32.2. The van der Waals surface area contributed by atoms with Crippen LogP contribution in [0.1, 0.15) is 21.6 Å². The summed E-state index contributed by atoms with van der Waals surface area (Å²) in [6, 6.07) is 5.56. The molecule has 0 saturated heterocycles. The number of nitrogens with two attached hydrogens (primary N) is 1. The molecule has 0 aliphatic heterocycles. The van der Waals surface area contributed by atoms with E-state index in [1.54, 1.807) is 13.0 Å². The third-order valence-corrected chi connectivity index (χ3v) is 6.14. The Morgan fingerprint density at radius 2 is 1.90 bits per heavy atom. The van der Waals surface area contributed by atoms with E-state index in [9.17, 15) is 8.42 Å². The van der Waals surface area contributed by atoms with Crippen molar-refractivity contribution in [2.24, 2.45) is 5.73 Å². The number of anilines is 1. The Hall–Kier alpha value is -1.37. The summed E-state index contributed by atoms with van der Waals surface area (Å²) >= 11 is 1.38. The Morgan fingerprint density at radius 1 is 1.20 bits per heavy atom. The second kappa shape index (κ2) is 5.55. The van der Waals surface area contributed by atoms with Gasteiger partial charge in [-0.1, -0.05) is 12.1 Å². The van der Waals surface area contributed by atoms with Crippen LogP contribution in [-0.2, 0) is 16.6 Å². The van der Waals surface area contributed by atoms with Crippen molar-refractivity contribution in [3.63, 3.8) is 0 Å². The second-order valence-electron chi connectivity index (χ2n) is 4.73. The van der Waals surface area contributed by atoms with Crippen LogP contribution in [0.3, 0.4) is 0 Å². The Balaban J connectivity index is 2.46. The van der Waals surface area contributed by atoms with Crippen molar-refractivity contribution in [1.29, 1.82) is 0 Å². The highest BCUT2D eigenvalue weighted by molar-refractivity contribution is 7.93. The lowest BCUT2D eigenvalue weighted by molar-refractivity contribution is 0.600. The summed E-state index contributed by atoms with van der Waals surface area (Å²) in [4.78, 5) is 0.992. The van der Waals surface area contributed by atoms with Crippen LogP contribution in [0, 0.1) is 20.8 Å². The Morgan fingerprint density at radius 3 is 2.55 bits per heavy atom. The molecule has 0 saturated carbocycles. The summed E-state index contributed by atoms with van der Waals surface area (Å²) < 4.78 is 27.8. The first-order valence-electron chi connectivity index (χ1n) is 6.23. The summed E-state index contributed by atoms with van der Waals surface area (Å²) in [5.41, 5.74) is 8.94. The smallest absolute Gasteiger partial charge is 0.263 e. The van der Waals surface area contributed by atoms with Gasteiger partial charge in [0.05, 0.1) is 5.69 Å². The number of sulfonamides is 1. The molecule has 1 heterocycles. The normalized spacial score (nSPS) is 11.6. The minimum atomic E-state index is -3.60. The first kappa shape index (κ1) is 15.0. The molecular formula is C14H18N2O2S2. The van der Waals surface area contributed by atoms with Crippen LogP contribution in [0.2, 0.25) is 0 Å². The van der Waals surface area contributed by atoms with Gasteiger partial charge in [0.1, 0.15) is 4.90 Å². The van der Waals surface area contributed by atoms with Crippen molar-refractivity contribution in [1.82, 2.24) is 0 Å². The van der Waals surface area contributed by atoms with Gasteiger partial charge in [-0.25, -0.2) is 8.42 Å². The summed E-state index contributed by atoms with van der Waals surface area (Å²) in [7, 11) is -3.60. The molecule has 0 fully saturated rings. The quantitative estimate of drug-likeness (QED) is 0.912. The van der Waals surface area contributed by atoms with Gasteiger partial charge in [0, 0.05) is 11.4 Å². The Kier molecular flexibility index (Phi) is 4.17. The van der Waals surface area contributed by atoms with Crippen LogP contribution < -0.4 is 10.5 Å². The van der Waals surface area contributed by atoms with Crippen LogP contribution in [0.25, 0.3) is 0 Å². The average molecular weight is 310 g/mol. The molecule has 6 heteroatoms. The zero-order chi connectivity index (χ0) is 14.9. The predicted octanol–water partition coefficient (Wildman–Crippen LogP) is 2.93. The van der Waals surface area contributed by atoms with Crippen LogP contribution in [0.5, 0.6) is 0 Å². The van der Waals surface area contributed by atoms with Crippen LogP contribution in [-0.4, -0.2) is 8.42 Å². The molecule has 1 aromatic heterocycles. The molecule has 0 amide bonds. The highest BCUT2D eigenvalue weighted by Crippen LogP contribution is 2.29. The number of hydrogen-bond acceptors (Lipinski definition) is 4. The number of aryl methyl sites for hydroxylation is 2. The molecule has 20 heavy (non-hydrogen) atoms. The van der Waals surface area contributed by atoms with Crippen molar-refractivity contribution in [2.45, 2.75) is 32.2 Å². The van der Waals surface area contributed by atoms with Gasteiger partial charge < -0.3 is 5.73 Å². The number of thiophene rings is 1. The van der Waals surface area contributed by atoms with Crippen LogP contribution >= 0.6 is 11.3 Å². The van der Waals surface area contributed by atoms with Crippen LogP contribution in [0.4, 0.5) is 5.69 Å². The Labute approximate surface area is 123 Å². The van der Waals surface area contributed by atoms with E-state index in [0.29, 0.717) is 15.5 Å². The van der Waals surface area contributed by atoms with E-state index in [-0.39, 0.29) is 6.54 Å². The zero-order valence-corrected chi connectivity index (χ0v) is 13.4. The average Bonchev–Trinajstić information content (AvgIpc) is 2.77. The molecule has 0 spiro atoms. The van der Waals surface area contributed by atoms with Gasteiger partial charge >= 0.3 is 0 Å².